The van der Waals surface area contributed by atoms with E-state index in [9.17, 15) is 14.4 Å². The number of rotatable bonds is 4. The Balaban J connectivity index is 2.15. The summed E-state index contributed by atoms with van der Waals surface area (Å²) in [7, 11) is 1.55. The van der Waals surface area contributed by atoms with Crippen molar-refractivity contribution in [3.05, 3.63) is 26.7 Å². The number of aromatic nitrogens is 4. The molecule has 9 nitrogen and oxygen atoms in total. The highest BCUT2D eigenvalue weighted by atomic mass is 16.5. The zero-order chi connectivity index (χ0) is 19.2. The molecule has 142 valence electrons. The summed E-state index contributed by atoms with van der Waals surface area (Å²) in [5, 5.41) is 0. The number of morpholine rings is 1. The van der Waals surface area contributed by atoms with E-state index in [1.807, 2.05) is 13.8 Å². The van der Waals surface area contributed by atoms with Gasteiger partial charge in [0.2, 0.25) is 0 Å². The predicted octanol–water partition coefficient (Wildman–Crippen LogP) is 0.183. The highest BCUT2D eigenvalue weighted by Crippen LogP contribution is 2.21. The van der Waals surface area contributed by atoms with Crippen LogP contribution in [0.4, 0.5) is 0 Å². The van der Waals surface area contributed by atoms with Gasteiger partial charge >= 0.3 is 5.69 Å². The topological polar surface area (TPSA) is 102 Å². The van der Waals surface area contributed by atoms with Gasteiger partial charge in [0.15, 0.2) is 16.9 Å². The van der Waals surface area contributed by atoms with Gasteiger partial charge in [-0.25, -0.2) is 9.78 Å². The molecular formula is C17H25N5O4. The third-order valence-corrected chi connectivity index (χ3v) is 4.86. The summed E-state index contributed by atoms with van der Waals surface area (Å²) in [5.74, 6) is 0.512. The SMILES string of the molecule is CC(=O)C(C)n1c(CN2CC(C)OC(C)C2)nc2c1c(=O)[nH]c(=O)n2C. The minimum Gasteiger partial charge on any atom is -0.373 e. The normalized spacial score (nSPS) is 22.7. The monoisotopic (exact) mass is 363 g/mol. The standard InChI is InChI=1S/C17H25N5O4/c1-9-6-21(7-10(2)26-9)8-13-18-15-14(22(13)11(3)12(4)23)16(24)19-17(25)20(15)5/h9-11H,6-8H2,1-5H3,(H,19,24,25). The van der Waals surface area contributed by atoms with Crippen LogP contribution < -0.4 is 11.2 Å². The van der Waals surface area contributed by atoms with Crippen LogP contribution in [0.15, 0.2) is 9.59 Å². The van der Waals surface area contributed by atoms with Gasteiger partial charge in [-0.15, -0.1) is 0 Å². The number of hydrogen-bond donors (Lipinski definition) is 1. The van der Waals surface area contributed by atoms with Crippen molar-refractivity contribution < 1.29 is 9.53 Å². The smallest absolute Gasteiger partial charge is 0.329 e. The molecule has 0 bridgehead atoms. The predicted molar refractivity (Wildman–Crippen MR) is 96.3 cm³/mol. The fraction of sp³-hybridized carbons (Fsp3) is 0.647. The largest absolute Gasteiger partial charge is 0.373 e. The summed E-state index contributed by atoms with van der Waals surface area (Å²) >= 11 is 0. The molecule has 26 heavy (non-hydrogen) atoms. The molecular weight excluding hydrogens is 338 g/mol. The van der Waals surface area contributed by atoms with E-state index in [0.717, 1.165) is 13.1 Å². The highest BCUT2D eigenvalue weighted by molar-refractivity contribution is 5.82. The second-order valence-electron chi connectivity index (χ2n) is 7.13. The zero-order valence-corrected chi connectivity index (χ0v) is 15.8. The van der Waals surface area contributed by atoms with Crippen LogP contribution in [0, 0.1) is 0 Å². The quantitative estimate of drug-likeness (QED) is 0.832. The third kappa shape index (κ3) is 3.24. The number of nitrogens with one attached hydrogen (secondary N) is 1. The maximum Gasteiger partial charge on any atom is 0.329 e. The number of imidazole rings is 1. The molecule has 0 spiro atoms. The van der Waals surface area contributed by atoms with Crippen LogP contribution in [0.1, 0.15) is 39.6 Å². The number of aryl methyl sites for hydroxylation is 1. The van der Waals surface area contributed by atoms with E-state index in [1.54, 1.807) is 18.5 Å². The lowest BCUT2D eigenvalue weighted by Gasteiger charge is -2.35. The zero-order valence-electron chi connectivity index (χ0n) is 15.8. The van der Waals surface area contributed by atoms with E-state index in [4.69, 9.17) is 4.74 Å². The second kappa shape index (κ2) is 6.81. The van der Waals surface area contributed by atoms with Crippen molar-refractivity contribution in [2.45, 2.75) is 52.5 Å². The number of H-pyrrole nitrogens is 1. The van der Waals surface area contributed by atoms with Crippen molar-refractivity contribution >= 4 is 16.9 Å². The Morgan fingerprint density at radius 1 is 1.31 bits per heavy atom. The molecule has 0 aromatic carbocycles. The number of nitrogens with zero attached hydrogens (tertiary/aromatic N) is 4. The number of ketones is 1. The van der Waals surface area contributed by atoms with Crippen molar-refractivity contribution in [1.29, 1.82) is 0 Å². The number of ether oxygens (including phenoxy) is 1. The average Bonchev–Trinajstić information content (AvgIpc) is 2.90. The van der Waals surface area contributed by atoms with Crippen LogP contribution in [0.5, 0.6) is 0 Å². The number of fused-ring (bicyclic) bond motifs is 1. The molecule has 0 saturated carbocycles. The van der Waals surface area contributed by atoms with Gasteiger partial charge in [-0.2, -0.15) is 0 Å². The molecule has 1 aliphatic heterocycles. The molecule has 2 aromatic rings. The molecule has 1 saturated heterocycles. The molecule has 3 rings (SSSR count). The molecule has 9 heteroatoms. The van der Waals surface area contributed by atoms with E-state index < -0.39 is 17.3 Å². The molecule has 0 aliphatic carbocycles. The molecule has 2 aromatic heterocycles. The molecule has 3 heterocycles. The van der Waals surface area contributed by atoms with Crippen LogP contribution in [-0.2, 0) is 23.1 Å². The fourth-order valence-corrected chi connectivity index (χ4v) is 3.57. The lowest BCUT2D eigenvalue weighted by Crippen LogP contribution is -2.45. The first-order valence-corrected chi connectivity index (χ1v) is 8.77. The average molecular weight is 363 g/mol. The lowest BCUT2D eigenvalue weighted by atomic mass is 10.2. The van der Waals surface area contributed by atoms with Gasteiger partial charge in [-0.05, 0) is 27.7 Å². The Bertz CT molecular complexity index is 946. The number of hydrogen-bond acceptors (Lipinski definition) is 6. The fourth-order valence-electron chi connectivity index (χ4n) is 3.57. The first-order chi connectivity index (χ1) is 12.2. The summed E-state index contributed by atoms with van der Waals surface area (Å²) < 4.78 is 8.71. The van der Waals surface area contributed by atoms with Gasteiger partial charge in [0.25, 0.3) is 5.56 Å². The maximum atomic E-state index is 12.4. The minimum atomic E-state index is -0.551. The molecule has 0 amide bonds. The van der Waals surface area contributed by atoms with Gasteiger partial charge < -0.3 is 9.30 Å². The molecule has 1 fully saturated rings. The Morgan fingerprint density at radius 2 is 1.92 bits per heavy atom. The minimum absolute atomic E-state index is 0.0810. The Hall–Kier alpha value is -2.26. The summed E-state index contributed by atoms with van der Waals surface area (Å²) in [6, 6.07) is -0.551. The van der Waals surface area contributed by atoms with Gasteiger partial charge in [0.1, 0.15) is 5.82 Å². The molecule has 3 atom stereocenters. The number of carbonyl (C=O) groups is 1. The van der Waals surface area contributed by atoms with E-state index >= 15 is 0 Å². The number of carbonyl (C=O) groups excluding carboxylic acids is 1. The van der Waals surface area contributed by atoms with Crippen LogP contribution >= 0.6 is 0 Å². The lowest BCUT2D eigenvalue weighted by molar-refractivity contribution is -0.119. The van der Waals surface area contributed by atoms with Gasteiger partial charge in [-0.1, -0.05) is 0 Å². The van der Waals surface area contributed by atoms with Crippen molar-refractivity contribution in [3.63, 3.8) is 0 Å². The second-order valence-corrected chi connectivity index (χ2v) is 7.13. The summed E-state index contributed by atoms with van der Waals surface area (Å²) in [5.41, 5.74) is -0.517. The Kier molecular flexibility index (Phi) is 4.85. The van der Waals surface area contributed by atoms with Crippen LogP contribution in [-0.4, -0.2) is 55.1 Å². The number of Topliss-reactive ketones (excluding diaryl/α,β-unsaturated/α-hetero) is 1. The van der Waals surface area contributed by atoms with E-state index in [0.29, 0.717) is 12.4 Å². The molecule has 3 unspecified atom stereocenters. The van der Waals surface area contributed by atoms with E-state index in [1.165, 1.54) is 11.5 Å². The maximum absolute atomic E-state index is 12.4. The Labute approximate surface area is 150 Å². The number of aromatic amines is 1. The highest BCUT2D eigenvalue weighted by Gasteiger charge is 2.27. The van der Waals surface area contributed by atoms with Crippen molar-refractivity contribution in [3.8, 4) is 0 Å². The van der Waals surface area contributed by atoms with Crippen molar-refractivity contribution in [1.82, 2.24) is 24.0 Å². The van der Waals surface area contributed by atoms with Crippen LogP contribution in [0.25, 0.3) is 11.2 Å². The first kappa shape index (κ1) is 18.5. The first-order valence-electron chi connectivity index (χ1n) is 8.77. The molecule has 1 N–H and O–H groups in total. The molecule has 1 aliphatic rings. The van der Waals surface area contributed by atoms with E-state index in [-0.39, 0.29) is 29.2 Å². The van der Waals surface area contributed by atoms with Crippen LogP contribution in [0.3, 0.4) is 0 Å². The van der Waals surface area contributed by atoms with E-state index in [2.05, 4.69) is 14.9 Å². The van der Waals surface area contributed by atoms with Gasteiger partial charge in [-0.3, -0.25) is 24.0 Å². The summed E-state index contributed by atoms with van der Waals surface area (Å²) in [4.78, 5) is 45.4. The Morgan fingerprint density at radius 3 is 2.50 bits per heavy atom. The summed E-state index contributed by atoms with van der Waals surface area (Å²) in [6.07, 6.45) is 0.184. The van der Waals surface area contributed by atoms with Crippen molar-refractivity contribution in [2.24, 2.45) is 7.05 Å². The van der Waals surface area contributed by atoms with Crippen molar-refractivity contribution in [2.75, 3.05) is 13.1 Å². The van der Waals surface area contributed by atoms with Crippen LogP contribution in [0.2, 0.25) is 0 Å². The van der Waals surface area contributed by atoms with Gasteiger partial charge in [0.05, 0.1) is 24.8 Å². The molecule has 0 radical (unpaired) electrons. The third-order valence-electron chi connectivity index (χ3n) is 4.86. The van der Waals surface area contributed by atoms with Gasteiger partial charge in [0, 0.05) is 20.1 Å². The summed E-state index contributed by atoms with van der Waals surface area (Å²) in [6.45, 7) is 9.18.